The summed E-state index contributed by atoms with van der Waals surface area (Å²) in [5.41, 5.74) is 0. The van der Waals surface area contributed by atoms with Crippen LogP contribution in [0, 0.1) is 0 Å². The van der Waals surface area contributed by atoms with Gasteiger partial charge in [-0.15, -0.1) is 0 Å². The minimum atomic E-state index is 0.718. The Balaban J connectivity index is 2.07. The first-order valence-corrected chi connectivity index (χ1v) is 3.58. The zero-order valence-corrected chi connectivity index (χ0v) is 5.43. The molecule has 0 aromatic carbocycles. The summed E-state index contributed by atoms with van der Waals surface area (Å²) in [4.78, 5) is 0. The third-order valence-electron chi connectivity index (χ3n) is 2.16. The second-order valence-electron chi connectivity index (χ2n) is 2.74. The topological polar surface area (TPSA) is 24.1 Å². The number of fused-ring (bicyclic) bond motifs is 1. The third kappa shape index (κ3) is 0.884. The van der Waals surface area contributed by atoms with E-state index in [0.717, 1.165) is 18.8 Å². The highest BCUT2D eigenvalue weighted by Gasteiger charge is 2.25. The Bertz CT molecular complexity index is 117. The number of hydrogen-bond donors (Lipinski definition) is 2. The highest BCUT2D eigenvalue weighted by molar-refractivity contribution is 5.03. The van der Waals surface area contributed by atoms with E-state index >= 15 is 0 Å². The largest absolute Gasteiger partial charge is 0.300 e. The Morgan fingerprint density at radius 1 is 1.00 bits per heavy atom. The van der Waals surface area contributed by atoms with Gasteiger partial charge in [0.2, 0.25) is 0 Å². The van der Waals surface area contributed by atoms with Gasteiger partial charge >= 0.3 is 0 Å². The van der Waals surface area contributed by atoms with Crippen molar-refractivity contribution in [1.29, 1.82) is 0 Å². The molecule has 1 aliphatic heterocycles. The first kappa shape index (κ1) is 5.45. The van der Waals surface area contributed by atoms with E-state index < -0.39 is 0 Å². The maximum absolute atomic E-state index is 3.40. The normalized spacial score (nSPS) is 40.9. The van der Waals surface area contributed by atoms with E-state index in [1.165, 1.54) is 12.8 Å². The summed E-state index contributed by atoms with van der Waals surface area (Å²) in [6.45, 7) is 0.997. The average Bonchev–Trinajstić information content (AvgIpc) is 2.33. The van der Waals surface area contributed by atoms with E-state index in [9.17, 15) is 0 Å². The number of nitrogens with one attached hydrogen (secondary N) is 2. The lowest BCUT2D eigenvalue weighted by Crippen LogP contribution is -2.34. The number of rotatable bonds is 0. The predicted molar refractivity (Wildman–Crippen MR) is 37.1 cm³/mol. The molecular formula is C7H12N2. The molecule has 0 aromatic rings. The van der Waals surface area contributed by atoms with Crippen LogP contribution in [0.15, 0.2) is 12.2 Å². The van der Waals surface area contributed by atoms with E-state index in [4.69, 9.17) is 0 Å². The van der Waals surface area contributed by atoms with Gasteiger partial charge in [0.05, 0.1) is 0 Å². The van der Waals surface area contributed by atoms with Gasteiger partial charge in [0.25, 0.3) is 0 Å². The van der Waals surface area contributed by atoms with Crippen LogP contribution in [0.2, 0.25) is 0 Å². The first-order chi connectivity index (χ1) is 4.47. The molecule has 0 bridgehead atoms. The van der Waals surface area contributed by atoms with Crippen LogP contribution in [0.4, 0.5) is 0 Å². The lowest BCUT2D eigenvalue weighted by molar-refractivity contribution is 0.499. The van der Waals surface area contributed by atoms with Crippen molar-refractivity contribution < 1.29 is 0 Å². The zero-order valence-electron chi connectivity index (χ0n) is 5.43. The molecular weight excluding hydrogens is 112 g/mol. The van der Waals surface area contributed by atoms with Crippen LogP contribution in [-0.2, 0) is 0 Å². The van der Waals surface area contributed by atoms with Crippen LogP contribution in [0.5, 0.6) is 0 Å². The lowest BCUT2D eigenvalue weighted by atomic mass is 9.98. The highest BCUT2D eigenvalue weighted by atomic mass is 15.2. The molecule has 1 aliphatic carbocycles. The highest BCUT2D eigenvalue weighted by Crippen LogP contribution is 2.14. The first-order valence-electron chi connectivity index (χ1n) is 3.58. The van der Waals surface area contributed by atoms with Crippen LogP contribution in [0.1, 0.15) is 12.8 Å². The van der Waals surface area contributed by atoms with Crippen molar-refractivity contribution in [3.63, 3.8) is 0 Å². The standard InChI is InChI=1S/C7H12N2/c1-2-4-7-6(3-1)8-5-9-7/h1-2,6-9H,3-5H2. The van der Waals surface area contributed by atoms with Gasteiger partial charge in [0, 0.05) is 18.8 Å². The summed E-state index contributed by atoms with van der Waals surface area (Å²) in [5.74, 6) is 0. The van der Waals surface area contributed by atoms with Crippen LogP contribution in [0.3, 0.4) is 0 Å². The molecule has 1 fully saturated rings. The Morgan fingerprint density at radius 3 is 2.11 bits per heavy atom. The van der Waals surface area contributed by atoms with Crippen molar-refractivity contribution in [3.05, 3.63) is 12.2 Å². The summed E-state index contributed by atoms with van der Waals surface area (Å²) < 4.78 is 0. The predicted octanol–water partition coefficient (Wildman–Crippen LogP) is 0.224. The molecule has 9 heavy (non-hydrogen) atoms. The Kier molecular flexibility index (Phi) is 1.28. The summed E-state index contributed by atoms with van der Waals surface area (Å²) in [6, 6.07) is 1.44. The third-order valence-corrected chi connectivity index (χ3v) is 2.16. The minimum Gasteiger partial charge on any atom is -0.300 e. The molecule has 1 heterocycles. The molecule has 0 spiro atoms. The maximum atomic E-state index is 3.40. The second-order valence-corrected chi connectivity index (χ2v) is 2.74. The molecule has 2 atom stereocenters. The Labute approximate surface area is 55.3 Å². The molecule has 2 N–H and O–H groups in total. The van der Waals surface area contributed by atoms with Crippen LogP contribution < -0.4 is 10.6 Å². The lowest BCUT2D eigenvalue weighted by Gasteiger charge is -2.19. The van der Waals surface area contributed by atoms with Crippen molar-refractivity contribution in [2.24, 2.45) is 0 Å². The molecule has 2 nitrogen and oxygen atoms in total. The maximum Gasteiger partial charge on any atom is 0.0459 e. The summed E-state index contributed by atoms with van der Waals surface area (Å²) >= 11 is 0. The fraction of sp³-hybridized carbons (Fsp3) is 0.714. The molecule has 2 rings (SSSR count). The molecule has 0 amide bonds. The zero-order chi connectivity index (χ0) is 6.10. The van der Waals surface area contributed by atoms with Gasteiger partial charge in [-0.05, 0) is 12.8 Å². The van der Waals surface area contributed by atoms with Crippen molar-refractivity contribution in [1.82, 2.24) is 10.6 Å². The van der Waals surface area contributed by atoms with E-state index in [1.807, 2.05) is 0 Å². The van der Waals surface area contributed by atoms with Crippen LogP contribution in [-0.4, -0.2) is 18.8 Å². The van der Waals surface area contributed by atoms with E-state index in [-0.39, 0.29) is 0 Å². The Hall–Kier alpha value is -0.340. The molecule has 0 aromatic heterocycles. The van der Waals surface area contributed by atoms with Crippen molar-refractivity contribution in [2.75, 3.05) is 6.67 Å². The summed E-state index contributed by atoms with van der Waals surface area (Å²) in [6.07, 6.45) is 6.94. The fourth-order valence-corrected chi connectivity index (χ4v) is 1.59. The molecule has 0 saturated carbocycles. The van der Waals surface area contributed by atoms with Crippen LogP contribution in [0.25, 0.3) is 0 Å². The van der Waals surface area contributed by atoms with Crippen molar-refractivity contribution in [3.8, 4) is 0 Å². The van der Waals surface area contributed by atoms with E-state index in [1.54, 1.807) is 0 Å². The van der Waals surface area contributed by atoms with Gasteiger partial charge in [-0.2, -0.15) is 0 Å². The van der Waals surface area contributed by atoms with Crippen molar-refractivity contribution >= 4 is 0 Å². The summed E-state index contributed by atoms with van der Waals surface area (Å²) in [5, 5.41) is 6.79. The fourth-order valence-electron chi connectivity index (χ4n) is 1.59. The van der Waals surface area contributed by atoms with Gasteiger partial charge in [-0.3, -0.25) is 10.6 Å². The van der Waals surface area contributed by atoms with Gasteiger partial charge in [0.1, 0.15) is 0 Å². The molecule has 2 heteroatoms. The SMILES string of the molecule is C1=CCC2NCNC2C1. The number of hydrogen-bond acceptors (Lipinski definition) is 2. The smallest absolute Gasteiger partial charge is 0.0459 e. The van der Waals surface area contributed by atoms with Gasteiger partial charge in [-0.25, -0.2) is 0 Å². The van der Waals surface area contributed by atoms with Gasteiger partial charge in [-0.1, -0.05) is 12.2 Å². The molecule has 1 saturated heterocycles. The Morgan fingerprint density at radius 2 is 1.56 bits per heavy atom. The minimum absolute atomic E-state index is 0.718. The van der Waals surface area contributed by atoms with Crippen LogP contribution >= 0.6 is 0 Å². The van der Waals surface area contributed by atoms with E-state index in [2.05, 4.69) is 22.8 Å². The van der Waals surface area contributed by atoms with E-state index in [0.29, 0.717) is 0 Å². The average molecular weight is 124 g/mol. The molecule has 2 aliphatic rings. The van der Waals surface area contributed by atoms with Gasteiger partial charge in [0.15, 0.2) is 0 Å². The quantitative estimate of drug-likeness (QED) is 0.451. The summed E-state index contributed by atoms with van der Waals surface area (Å²) in [7, 11) is 0. The molecule has 50 valence electrons. The molecule has 2 unspecified atom stereocenters. The monoisotopic (exact) mass is 124 g/mol. The molecule has 0 radical (unpaired) electrons. The van der Waals surface area contributed by atoms with Gasteiger partial charge < -0.3 is 0 Å². The second kappa shape index (κ2) is 2.12. The van der Waals surface area contributed by atoms with Crippen molar-refractivity contribution in [2.45, 2.75) is 24.9 Å².